The molecule has 4 rings (SSSR count). The number of aryl methyl sites for hydroxylation is 1. The molecule has 0 aliphatic heterocycles. The molecule has 0 aliphatic rings. The predicted molar refractivity (Wildman–Crippen MR) is 136 cm³/mol. The average molecular weight is 497 g/mol. The van der Waals surface area contributed by atoms with E-state index in [9.17, 15) is 9.59 Å². The van der Waals surface area contributed by atoms with Gasteiger partial charge >= 0.3 is 0 Å². The van der Waals surface area contributed by atoms with Crippen molar-refractivity contribution in [3.05, 3.63) is 81.7 Å². The van der Waals surface area contributed by atoms with Gasteiger partial charge in [0.05, 0.1) is 18.9 Å². The summed E-state index contributed by atoms with van der Waals surface area (Å²) in [5.41, 5.74) is 3.66. The number of fused-ring (bicyclic) bond motifs is 1. The normalized spacial score (nSPS) is 11.1. The van der Waals surface area contributed by atoms with Crippen LogP contribution in [0, 0.1) is 0 Å². The second-order valence-electron chi connectivity index (χ2n) is 7.72. The van der Waals surface area contributed by atoms with Gasteiger partial charge in [0.2, 0.25) is 5.91 Å². The highest BCUT2D eigenvalue weighted by Gasteiger charge is 2.19. The van der Waals surface area contributed by atoms with Gasteiger partial charge in [-0.1, -0.05) is 71.9 Å². The summed E-state index contributed by atoms with van der Waals surface area (Å²) in [7, 11) is 3.43. The van der Waals surface area contributed by atoms with Gasteiger partial charge in [0.1, 0.15) is 11.0 Å². The summed E-state index contributed by atoms with van der Waals surface area (Å²) >= 11 is 7.40. The number of thioether (sulfide) groups is 1. The Bertz CT molecular complexity index is 1370. The Labute approximate surface area is 206 Å². The van der Waals surface area contributed by atoms with Gasteiger partial charge in [-0.2, -0.15) is 0 Å². The monoisotopic (exact) mass is 496 g/mol. The van der Waals surface area contributed by atoms with Gasteiger partial charge in [0.25, 0.3) is 5.56 Å². The van der Waals surface area contributed by atoms with Crippen molar-refractivity contribution in [1.29, 1.82) is 0 Å². The number of amides is 1. The minimum atomic E-state index is -0.172. The molecule has 0 saturated heterocycles. The molecular weight excluding hydrogens is 472 g/mol. The van der Waals surface area contributed by atoms with Crippen molar-refractivity contribution in [2.45, 2.75) is 18.2 Å². The van der Waals surface area contributed by atoms with Crippen LogP contribution >= 0.6 is 23.4 Å². The molecular formula is C25H25ClN4O3S. The van der Waals surface area contributed by atoms with Gasteiger partial charge in [-0.05, 0) is 17.2 Å². The zero-order valence-electron chi connectivity index (χ0n) is 19.0. The largest absolute Gasteiger partial charge is 0.383 e. The molecule has 0 saturated carbocycles. The Hall–Kier alpha value is -3.07. The van der Waals surface area contributed by atoms with Gasteiger partial charge in [-0.25, -0.2) is 4.98 Å². The first kappa shape index (κ1) is 24.1. The first-order valence-corrected chi connectivity index (χ1v) is 12.1. The molecule has 34 heavy (non-hydrogen) atoms. The minimum Gasteiger partial charge on any atom is -0.383 e. The van der Waals surface area contributed by atoms with Crippen LogP contribution < -0.4 is 10.9 Å². The van der Waals surface area contributed by atoms with Crippen LogP contribution in [0.3, 0.4) is 0 Å². The SMILES string of the molecule is COCCn1c(SCC(=O)NCc2ccccc2Cl)nc2c(-c3ccccc3)cn(C)c2c1=O. The highest BCUT2D eigenvalue weighted by atomic mass is 35.5. The quantitative estimate of drug-likeness (QED) is 0.279. The van der Waals surface area contributed by atoms with Crippen LogP contribution in [-0.4, -0.2) is 39.5 Å². The minimum absolute atomic E-state index is 0.114. The van der Waals surface area contributed by atoms with Crippen LogP contribution in [0.25, 0.3) is 22.2 Å². The molecule has 0 fully saturated rings. The number of ether oxygens (including phenoxy) is 1. The Morgan fingerprint density at radius 1 is 1.15 bits per heavy atom. The lowest BCUT2D eigenvalue weighted by atomic mass is 10.1. The number of aromatic nitrogens is 3. The second-order valence-corrected chi connectivity index (χ2v) is 9.07. The average Bonchev–Trinajstić information content (AvgIpc) is 3.18. The lowest BCUT2D eigenvalue weighted by Crippen LogP contribution is -2.28. The van der Waals surface area contributed by atoms with Crippen LogP contribution in [0.15, 0.2) is 70.7 Å². The van der Waals surface area contributed by atoms with Crippen molar-refractivity contribution in [3.8, 4) is 11.1 Å². The molecule has 0 aliphatic carbocycles. The fourth-order valence-corrected chi connectivity index (χ4v) is 4.74. The fourth-order valence-electron chi connectivity index (χ4n) is 3.69. The van der Waals surface area contributed by atoms with E-state index in [2.05, 4.69) is 5.32 Å². The van der Waals surface area contributed by atoms with Gasteiger partial charge < -0.3 is 14.6 Å². The smallest absolute Gasteiger partial charge is 0.278 e. The van der Waals surface area contributed by atoms with E-state index in [1.54, 1.807) is 22.3 Å². The summed E-state index contributed by atoms with van der Waals surface area (Å²) in [5, 5.41) is 3.96. The molecule has 2 heterocycles. The Morgan fingerprint density at radius 3 is 2.62 bits per heavy atom. The van der Waals surface area contributed by atoms with E-state index in [0.717, 1.165) is 16.7 Å². The van der Waals surface area contributed by atoms with E-state index < -0.39 is 0 Å². The molecule has 0 spiro atoms. The maximum absolute atomic E-state index is 13.4. The zero-order valence-corrected chi connectivity index (χ0v) is 20.5. The number of nitrogens with one attached hydrogen (secondary N) is 1. The second kappa shape index (κ2) is 10.9. The Morgan fingerprint density at radius 2 is 1.88 bits per heavy atom. The molecule has 0 radical (unpaired) electrons. The lowest BCUT2D eigenvalue weighted by molar-refractivity contribution is -0.118. The summed E-state index contributed by atoms with van der Waals surface area (Å²) < 4.78 is 8.58. The molecule has 4 aromatic rings. The summed E-state index contributed by atoms with van der Waals surface area (Å²) in [6.45, 7) is 1.03. The van der Waals surface area contributed by atoms with Crippen molar-refractivity contribution in [1.82, 2.24) is 19.4 Å². The zero-order chi connectivity index (χ0) is 24.1. The van der Waals surface area contributed by atoms with Crippen molar-refractivity contribution in [3.63, 3.8) is 0 Å². The molecule has 7 nitrogen and oxygen atoms in total. The molecule has 2 aromatic carbocycles. The van der Waals surface area contributed by atoms with E-state index in [0.29, 0.717) is 40.9 Å². The number of benzene rings is 2. The first-order valence-electron chi connectivity index (χ1n) is 10.8. The molecule has 1 N–H and O–H groups in total. The lowest BCUT2D eigenvalue weighted by Gasteiger charge is -2.13. The highest BCUT2D eigenvalue weighted by molar-refractivity contribution is 7.99. The summed E-state index contributed by atoms with van der Waals surface area (Å²) in [6, 6.07) is 17.2. The van der Waals surface area contributed by atoms with Gasteiger partial charge in [-0.15, -0.1) is 0 Å². The van der Waals surface area contributed by atoms with Crippen molar-refractivity contribution >= 4 is 40.3 Å². The van der Waals surface area contributed by atoms with E-state index in [-0.39, 0.29) is 17.2 Å². The number of rotatable bonds is 9. The van der Waals surface area contributed by atoms with Gasteiger partial charge in [0.15, 0.2) is 5.16 Å². The standard InChI is InChI=1S/C25H25ClN4O3S/c1-29-15-19(17-8-4-3-5-9-17)22-23(29)24(32)30(12-13-33-2)25(28-22)34-16-21(31)27-14-18-10-6-7-11-20(18)26/h3-11,15H,12-14,16H2,1-2H3,(H,27,31). The van der Waals surface area contributed by atoms with Crippen LogP contribution in [0.5, 0.6) is 0 Å². The van der Waals surface area contributed by atoms with E-state index in [1.165, 1.54) is 11.8 Å². The van der Waals surface area contributed by atoms with E-state index in [1.807, 2.05) is 61.8 Å². The number of halogens is 1. The number of nitrogens with zero attached hydrogens (tertiary/aromatic N) is 3. The molecule has 0 unspecified atom stereocenters. The molecule has 2 aromatic heterocycles. The Balaban J connectivity index is 1.63. The van der Waals surface area contributed by atoms with Crippen molar-refractivity contribution in [2.75, 3.05) is 19.5 Å². The van der Waals surface area contributed by atoms with E-state index >= 15 is 0 Å². The van der Waals surface area contributed by atoms with Gasteiger partial charge in [-0.3, -0.25) is 14.2 Å². The summed E-state index contributed by atoms with van der Waals surface area (Å²) in [4.78, 5) is 30.8. The van der Waals surface area contributed by atoms with Crippen LogP contribution in [-0.2, 0) is 29.7 Å². The number of hydrogen-bond acceptors (Lipinski definition) is 5. The van der Waals surface area contributed by atoms with Crippen LogP contribution in [0.4, 0.5) is 0 Å². The third-order valence-electron chi connectivity index (χ3n) is 5.41. The first-order chi connectivity index (χ1) is 16.5. The molecule has 9 heteroatoms. The van der Waals surface area contributed by atoms with E-state index in [4.69, 9.17) is 21.3 Å². The molecule has 0 bridgehead atoms. The molecule has 1 amide bonds. The number of methoxy groups -OCH3 is 1. The maximum atomic E-state index is 13.4. The summed E-state index contributed by atoms with van der Waals surface area (Å²) in [6.07, 6.45) is 1.92. The van der Waals surface area contributed by atoms with Crippen molar-refractivity contribution < 1.29 is 9.53 Å². The van der Waals surface area contributed by atoms with Crippen LogP contribution in [0.2, 0.25) is 5.02 Å². The number of hydrogen-bond donors (Lipinski definition) is 1. The third kappa shape index (κ3) is 5.19. The maximum Gasteiger partial charge on any atom is 0.278 e. The fraction of sp³-hybridized carbons (Fsp3) is 0.240. The molecule has 176 valence electrons. The number of carbonyl (C=O) groups is 1. The van der Waals surface area contributed by atoms with Crippen LogP contribution in [0.1, 0.15) is 5.56 Å². The number of carbonyl (C=O) groups excluding carboxylic acids is 1. The summed E-state index contributed by atoms with van der Waals surface area (Å²) in [5.74, 6) is -0.0583. The third-order valence-corrected chi connectivity index (χ3v) is 6.76. The topological polar surface area (TPSA) is 78.2 Å². The molecule has 0 atom stereocenters. The van der Waals surface area contributed by atoms with Gasteiger partial charge in [0, 0.05) is 37.5 Å². The van der Waals surface area contributed by atoms with Crippen molar-refractivity contribution in [2.24, 2.45) is 7.05 Å². The predicted octanol–water partition coefficient (Wildman–Crippen LogP) is 4.11. The highest BCUT2D eigenvalue weighted by Crippen LogP contribution is 2.29. The Kier molecular flexibility index (Phi) is 7.72.